The van der Waals surface area contributed by atoms with Gasteiger partial charge in [0, 0.05) is 19.7 Å². The zero-order chi connectivity index (χ0) is 17.1. The maximum atomic E-state index is 12.9. The summed E-state index contributed by atoms with van der Waals surface area (Å²) in [5, 5.41) is 8.89. The molecule has 3 atom stereocenters. The van der Waals surface area contributed by atoms with Crippen LogP contribution in [-0.4, -0.2) is 62.0 Å². The number of carboxylic acids is 1. The highest BCUT2D eigenvalue weighted by molar-refractivity contribution is 7.89. The monoisotopic (exact) mass is 347 g/mol. The molecule has 130 valence electrons. The van der Waals surface area contributed by atoms with E-state index in [9.17, 15) is 26.4 Å². The molecular formula is C12H20F3NO5S. The zero-order valence-electron chi connectivity index (χ0n) is 12.3. The average molecular weight is 347 g/mol. The molecule has 0 bridgehead atoms. The van der Waals surface area contributed by atoms with E-state index in [-0.39, 0.29) is 12.4 Å². The summed E-state index contributed by atoms with van der Waals surface area (Å²) in [4.78, 5) is 11.0. The third-order valence-electron chi connectivity index (χ3n) is 3.52. The summed E-state index contributed by atoms with van der Waals surface area (Å²) in [5.74, 6) is -6.34. The average Bonchev–Trinajstić information content (AvgIpc) is 2.81. The number of alkyl halides is 3. The molecule has 0 aliphatic carbocycles. The largest absolute Gasteiger partial charge is 0.481 e. The second kappa shape index (κ2) is 7.14. The molecule has 0 amide bonds. The van der Waals surface area contributed by atoms with Crippen LogP contribution in [0.5, 0.6) is 0 Å². The first-order valence-electron chi connectivity index (χ1n) is 6.84. The van der Waals surface area contributed by atoms with Crippen LogP contribution in [0.15, 0.2) is 0 Å². The minimum atomic E-state index is -4.75. The minimum absolute atomic E-state index is 0.175. The van der Waals surface area contributed by atoms with E-state index in [4.69, 9.17) is 9.84 Å². The van der Waals surface area contributed by atoms with Crippen LogP contribution in [-0.2, 0) is 19.6 Å². The Morgan fingerprint density at radius 2 is 2.00 bits per heavy atom. The van der Waals surface area contributed by atoms with E-state index >= 15 is 0 Å². The Hall–Kier alpha value is -0.870. The van der Waals surface area contributed by atoms with Gasteiger partial charge in [0.2, 0.25) is 10.0 Å². The van der Waals surface area contributed by atoms with Gasteiger partial charge in [-0.2, -0.15) is 13.2 Å². The second-order valence-corrected chi connectivity index (χ2v) is 7.47. The number of hydrogen-bond donors (Lipinski definition) is 1. The molecule has 1 fully saturated rings. The number of halogens is 3. The molecule has 10 heteroatoms. The number of carboxylic acid groups (broad SMARTS) is 1. The van der Waals surface area contributed by atoms with Gasteiger partial charge in [-0.15, -0.1) is 0 Å². The van der Waals surface area contributed by atoms with Gasteiger partial charge in [0.05, 0.1) is 24.2 Å². The molecule has 22 heavy (non-hydrogen) atoms. The summed E-state index contributed by atoms with van der Waals surface area (Å²) in [6, 6.07) is 0. The van der Waals surface area contributed by atoms with Crippen LogP contribution in [0.4, 0.5) is 13.2 Å². The fourth-order valence-corrected chi connectivity index (χ4v) is 4.21. The molecule has 1 aliphatic heterocycles. The quantitative estimate of drug-likeness (QED) is 0.748. The van der Waals surface area contributed by atoms with Crippen molar-refractivity contribution in [3.63, 3.8) is 0 Å². The lowest BCUT2D eigenvalue weighted by atomic mass is 9.96. The zero-order valence-corrected chi connectivity index (χ0v) is 13.2. The van der Waals surface area contributed by atoms with Gasteiger partial charge in [0.1, 0.15) is 0 Å². The van der Waals surface area contributed by atoms with E-state index in [0.717, 1.165) is 0 Å². The predicted octanol–water partition coefficient (Wildman–Crippen LogP) is 1.18. The molecule has 0 radical (unpaired) electrons. The van der Waals surface area contributed by atoms with Crippen LogP contribution in [0.25, 0.3) is 0 Å². The Labute approximate surface area is 127 Å². The molecule has 1 aliphatic rings. The van der Waals surface area contributed by atoms with Gasteiger partial charge in [-0.25, -0.2) is 12.7 Å². The third-order valence-corrected chi connectivity index (χ3v) is 5.59. The predicted molar refractivity (Wildman–Crippen MR) is 71.7 cm³/mol. The van der Waals surface area contributed by atoms with E-state index in [1.54, 1.807) is 13.8 Å². The summed E-state index contributed by atoms with van der Waals surface area (Å²) < 4.78 is 68.6. The van der Waals surface area contributed by atoms with Crippen molar-refractivity contribution in [1.29, 1.82) is 0 Å². The molecule has 1 N–H and O–H groups in total. The summed E-state index contributed by atoms with van der Waals surface area (Å²) in [6.45, 7) is 2.44. The lowest BCUT2D eigenvalue weighted by Gasteiger charge is -2.20. The number of hydrogen-bond acceptors (Lipinski definition) is 4. The third kappa shape index (κ3) is 4.82. The van der Waals surface area contributed by atoms with Crippen molar-refractivity contribution in [3.05, 3.63) is 0 Å². The Morgan fingerprint density at radius 3 is 2.41 bits per heavy atom. The molecule has 1 saturated heterocycles. The molecule has 1 unspecified atom stereocenters. The molecule has 0 aromatic carbocycles. The standard InChI is InChI=1S/C12H20F3NO5S/c1-3-21-6-8(2)7-22(19,20)16-4-9(11(17)18)10(5-16)12(13,14)15/h8-10H,3-7H2,1-2H3,(H,17,18)/t8?,9-,10-/m1/s1. The summed E-state index contributed by atoms with van der Waals surface area (Å²) in [5.41, 5.74) is 0. The fourth-order valence-electron chi connectivity index (χ4n) is 2.41. The number of aliphatic carboxylic acids is 1. The molecular weight excluding hydrogens is 327 g/mol. The highest BCUT2D eigenvalue weighted by Crippen LogP contribution is 2.38. The van der Waals surface area contributed by atoms with Crippen LogP contribution >= 0.6 is 0 Å². The van der Waals surface area contributed by atoms with Crippen molar-refractivity contribution < 1.29 is 36.2 Å². The van der Waals surface area contributed by atoms with E-state index in [2.05, 4.69) is 0 Å². The minimum Gasteiger partial charge on any atom is -0.481 e. The fraction of sp³-hybridized carbons (Fsp3) is 0.917. The Balaban J connectivity index is 2.82. The topological polar surface area (TPSA) is 83.9 Å². The Bertz CT molecular complexity index is 493. The van der Waals surface area contributed by atoms with Crippen molar-refractivity contribution in [2.45, 2.75) is 20.0 Å². The summed E-state index contributed by atoms with van der Waals surface area (Å²) in [6.07, 6.45) is -4.75. The molecule has 0 aromatic heterocycles. The smallest absolute Gasteiger partial charge is 0.393 e. The Kier molecular flexibility index (Phi) is 6.22. The number of nitrogens with zero attached hydrogens (tertiary/aromatic N) is 1. The van der Waals surface area contributed by atoms with Crippen molar-refractivity contribution >= 4 is 16.0 Å². The van der Waals surface area contributed by atoms with E-state index < -0.39 is 53.0 Å². The maximum absolute atomic E-state index is 12.9. The molecule has 0 aromatic rings. The highest BCUT2D eigenvalue weighted by Gasteiger charge is 2.54. The van der Waals surface area contributed by atoms with Gasteiger partial charge < -0.3 is 9.84 Å². The summed E-state index contributed by atoms with van der Waals surface area (Å²) in [7, 11) is -3.96. The van der Waals surface area contributed by atoms with Crippen molar-refractivity contribution in [2.75, 3.05) is 32.1 Å². The van der Waals surface area contributed by atoms with Crippen LogP contribution in [0.1, 0.15) is 13.8 Å². The first-order chi connectivity index (χ1) is 9.99. The highest BCUT2D eigenvalue weighted by atomic mass is 32.2. The lowest BCUT2D eigenvalue weighted by molar-refractivity contribution is -0.187. The van der Waals surface area contributed by atoms with E-state index in [0.29, 0.717) is 10.9 Å². The number of ether oxygens (including phenoxy) is 1. The van der Waals surface area contributed by atoms with Crippen LogP contribution in [0.2, 0.25) is 0 Å². The Morgan fingerprint density at radius 1 is 1.41 bits per heavy atom. The van der Waals surface area contributed by atoms with Crippen LogP contribution in [0, 0.1) is 17.8 Å². The van der Waals surface area contributed by atoms with Gasteiger partial charge in [-0.05, 0) is 12.8 Å². The van der Waals surface area contributed by atoms with Crippen molar-refractivity contribution in [1.82, 2.24) is 4.31 Å². The van der Waals surface area contributed by atoms with Gasteiger partial charge in [0.25, 0.3) is 0 Å². The first-order valence-corrected chi connectivity index (χ1v) is 8.45. The first kappa shape index (κ1) is 19.2. The number of sulfonamides is 1. The second-order valence-electron chi connectivity index (χ2n) is 5.45. The molecule has 0 saturated carbocycles. The van der Waals surface area contributed by atoms with E-state index in [1.807, 2.05) is 0 Å². The van der Waals surface area contributed by atoms with Gasteiger partial charge in [-0.3, -0.25) is 4.79 Å². The number of rotatable bonds is 7. The molecule has 1 heterocycles. The maximum Gasteiger partial charge on any atom is 0.393 e. The van der Waals surface area contributed by atoms with Gasteiger partial charge in [-0.1, -0.05) is 6.92 Å². The van der Waals surface area contributed by atoms with Crippen LogP contribution < -0.4 is 0 Å². The van der Waals surface area contributed by atoms with E-state index in [1.165, 1.54) is 0 Å². The normalized spacial score (nSPS) is 25.3. The van der Waals surface area contributed by atoms with Gasteiger partial charge in [0.15, 0.2) is 0 Å². The van der Waals surface area contributed by atoms with Crippen LogP contribution in [0.3, 0.4) is 0 Å². The summed E-state index contributed by atoms with van der Waals surface area (Å²) >= 11 is 0. The molecule has 6 nitrogen and oxygen atoms in total. The number of carbonyl (C=O) groups is 1. The lowest BCUT2D eigenvalue weighted by Crippen LogP contribution is -2.35. The van der Waals surface area contributed by atoms with Crippen molar-refractivity contribution in [3.8, 4) is 0 Å². The molecule has 0 spiro atoms. The molecule has 1 rings (SSSR count). The van der Waals surface area contributed by atoms with Crippen molar-refractivity contribution in [2.24, 2.45) is 17.8 Å². The SMILES string of the molecule is CCOCC(C)CS(=O)(=O)N1C[C@@H](C(F)(F)F)[C@H](C(=O)O)C1. The van der Waals surface area contributed by atoms with Gasteiger partial charge >= 0.3 is 12.1 Å².